The molecule has 1 aromatic carbocycles. The summed E-state index contributed by atoms with van der Waals surface area (Å²) >= 11 is 0. The van der Waals surface area contributed by atoms with E-state index in [4.69, 9.17) is 9.47 Å². The van der Waals surface area contributed by atoms with Crippen molar-refractivity contribution in [2.75, 3.05) is 20.8 Å². The first kappa shape index (κ1) is 17.7. The van der Waals surface area contributed by atoms with Crippen LogP contribution in [-0.2, 0) is 11.3 Å². The van der Waals surface area contributed by atoms with Gasteiger partial charge in [-0.1, -0.05) is 0 Å². The lowest BCUT2D eigenvalue weighted by atomic mass is 10.0. The van der Waals surface area contributed by atoms with Gasteiger partial charge in [-0.15, -0.1) is 0 Å². The van der Waals surface area contributed by atoms with Gasteiger partial charge >= 0.3 is 5.82 Å². The highest BCUT2D eigenvalue weighted by Gasteiger charge is 2.32. The number of ether oxygens (including phenoxy) is 2. The van der Waals surface area contributed by atoms with Gasteiger partial charge < -0.3 is 29.1 Å². The van der Waals surface area contributed by atoms with Crippen LogP contribution in [0.4, 0.5) is 5.82 Å². The predicted octanol–water partition coefficient (Wildman–Crippen LogP) is 2.17. The second kappa shape index (κ2) is 7.42. The van der Waals surface area contributed by atoms with Gasteiger partial charge in [0.2, 0.25) is 12.2 Å². The van der Waals surface area contributed by atoms with Gasteiger partial charge in [-0.3, -0.25) is 4.79 Å². The Hall–Kier alpha value is -3.10. The summed E-state index contributed by atoms with van der Waals surface area (Å²) in [4.78, 5) is 28.4. The molecule has 1 amide bonds. The van der Waals surface area contributed by atoms with E-state index in [1.165, 1.54) is 17.1 Å². The number of methoxy groups -OCH3 is 2. The van der Waals surface area contributed by atoms with E-state index in [0.717, 1.165) is 18.4 Å². The summed E-state index contributed by atoms with van der Waals surface area (Å²) in [7, 11) is 3.19. The maximum atomic E-state index is 12.8. The van der Waals surface area contributed by atoms with Crippen LogP contribution < -0.4 is 9.47 Å². The number of rotatable bonds is 6. The van der Waals surface area contributed by atoms with Crippen molar-refractivity contribution in [3.8, 4) is 11.5 Å². The van der Waals surface area contributed by atoms with Crippen LogP contribution in [-0.4, -0.2) is 46.0 Å². The molecule has 0 unspecified atom stereocenters. The minimum atomic E-state index is -0.583. The summed E-state index contributed by atoms with van der Waals surface area (Å²) in [6.07, 6.45) is 4.25. The van der Waals surface area contributed by atoms with Crippen molar-refractivity contribution >= 4 is 11.7 Å². The summed E-state index contributed by atoms with van der Waals surface area (Å²) in [5, 5.41) is 10.7. The zero-order valence-corrected chi connectivity index (χ0v) is 14.6. The minimum absolute atomic E-state index is 0.00360. The lowest BCUT2D eigenvalue weighted by Crippen LogP contribution is -2.33. The van der Waals surface area contributed by atoms with Crippen LogP contribution >= 0.6 is 0 Å². The molecule has 0 aliphatic carbocycles. The molecule has 138 valence electrons. The van der Waals surface area contributed by atoms with Gasteiger partial charge in [0, 0.05) is 12.1 Å². The highest BCUT2D eigenvalue weighted by molar-refractivity contribution is 5.77. The molecule has 1 fully saturated rings. The average Bonchev–Trinajstić information content (AvgIpc) is 3.30. The third-order valence-corrected chi connectivity index (χ3v) is 4.49. The van der Waals surface area contributed by atoms with E-state index in [2.05, 4.69) is 4.98 Å². The largest absolute Gasteiger partial charge is 0.497 e. The number of benzene rings is 1. The maximum Gasteiger partial charge on any atom is 0.381 e. The fourth-order valence-corrected chi connectivity index (χ4v) is 3.26. The smallest absolute Gasteiger partial charge is 0.381 e. The summed E-state index contributed by atoms with van der Waals surface area (Å²) in [6.45, 7) is 0.629. The molecule has 0 radical (unpaired) electrons. The monoisotopic (exact) mass is 360 g/mol. The first-order chi connectivity index (χ1) is 12.5. The Morgan fingerprint density at radius 3 is 2.85 bits per heavy atom. The van der Waals surface area contributed by atoms with E-state index in [-0.39, 0.29) is 24.3 Å². The van der Waals surface area contributed by atoms with Crippen LogP contribution in [0.15, 0.2) is 30.7 Å². The number of hydrogen-bond donors (Lipinski definition) is 0. The van der Waals surface area contributed by atoms with E-state index in [9.17, 15) is 14.9 Å². The summed E-state index contributed by atoms with van der Waals surface area (Å²) in [5.41, 5.74) is 0.898. The highest BCUT2D eigenvalue weighted by Crippen LogP contribution is 2.39. The second-order valence-electron chi connectivity index (χ2n) is 6.01. The third kappa shape index (κ3) is 3.46. The van der Waals surface area contributed by atoms with Crippen molar-refractivity contribution in [2.45, 2.75) is 25.4 Å². The zero-order chi connectivity index (χ0) is 18.7. The molecule has 3 rings (SSSR count). The Morgan fingerprint density at radius 1 is 1.38 bits per heavy atom. The average molecular weight is 360 g/mol. The normalized spacial score (nSPS) is 16.5. The lowest BCUT2D eigenvalue weighted by Gasteiger charge is -2.26. The lowest BCUT2D eigenvalue weighted by molar-refractivity contribution is -0.389. The minimum Gasteiger partial charge on any atom is -0.497 e. The van der Waals surface area contributed by atoms with Crippen LogP contribution in [0.2, 0.25) is 0 Å². The van der Waals surface area contributed by atoms with Crippen molar-refractivity contribution in [2.24, 2.45) is 0 Å². The molecular formula is C17H20N4O5. The number of hydrogen-bond acceptors (Lipinski definition) is 6. The SMILES string of the molecule is COc1ccc(OC)c([C@@H]2CCCN2C(=O)Cn2cnc([N+](=O)[O-])c2)c1. The Bertz CT molecular complexity index is 819. The van der Waals surface area contributed by atoms with Crippen LogP contribution in [0.3, 0.4) is 0 Å². The first-order valence-corrected chi connectivity index (χ1v) is 8.21. The van der Waals surface area contributed by atoms with Crippen LogP contribution in [0, 0.1) is 10.1 Å². The quantitative estimate of drug-likeness (QED) is 0.578. The topological polar surface area (TPSA) is 99.7 Å². The summed E-state index contributed by atoms with van der Waals surface area (Å²) in [6, 6.07) is 5.41. The van der Waals surface area contributed by atoms with Gasteiger partial charge in [0.25, 0.3) is 0 Å². The van der Waals surface area contributed by atoms with Crippen molar-refractivity contribution in [3.63, 3.8) is 0 Å². The molecule has 0 bridgehead atoms. The number of amides is 1. The molecule has 1 atom stereocenters. The van der Waals surface area contributed by atoms with Crippen molar-refractivity contribution < 1.29 is 19.2 Å². The fourth-order valence-electron chi connectivity index (χ4n) is 3.26. The molecule has 9 nitrogen and oxygen atoms in total. The second-order valence-corrected chi connectivity index (χ2v) is 6.01. The molecule has 1 aromatic heterocycles. The van der Waals surface area contributed by atoms with Crippen molar-refractivity contribution in [1.29, 1.82) is 0 Å². The van der Waals surface area contributed by atoms with Crippen molar-refractivity contribution in [1.82, 2.24) is 14.5 Å². The van der Waals surface area contributed by atoms with E-state index < -0.39 is 4.92 Å². The van der Waals surface area contributed by atoms with Crippen LogP contribution in [0.25, 0.3) is 0 Å². The van der Waals surface area contributed by atoms with Gasteiger partial charge in [-0.2, -0.15) is 0 Å². The zero-order valence-electron chi connectivity index (χ0n) is 14.6. The Morgan fingerprint density at radius 2 is 2.19 bits per heavy atom. The van der Waals surface area contributed by atoms with Crippen LogP contribution in [0.1, 0.15) is 24.4 Å². The number of carbonyl (C=O) groups is 1. The molecule has 0 saturated carbocycles. The number of aromatic nitrogens is 2. The predicted molar refractivity (Wildman–Crippen MR) is 92.1 cm³/mol. The molecule has 0 spiro atoms. The number of nitro groups is 1. The van der Waals surface area contributed by atoms with Gasteiger partial charge in [0.15, 0.2) is 0 Å². The van der Waals surface area contributed by atoms with Gasteiger partial charge in [-0.25, -0.2) is 0 Å². The van der Waals surface area contributed by atoms with Gasteiger partial charge in [0.1, 0.15) is 24.2 Å². The molecule has 1 aliphatic rings. The van der Waals surface area contributed by atoms with Crippen LogP contribution in [0.5, 0.6) is 11.5 Å². The number of nitrogens with zero attached hydrogens (tertiary/aromatic N) is 4. The van der Waals surface area contributed by atoms with E-state index in [1.54, 1.807) is 19.1 Å². The molecule has 1 saturated heterocycles. The summed E-state index contributed by atoms with van der Waals surface area (Å²) < 4.78 is 12.2. The first-order valence-electron chi connectivity index (χ1n) is 8.21. The van der Waals surface area contributed by atoms with Gasteiger partial charge in [-0.05, 0) is 40.9 Å². The standard InChI is InChI=1S/C17H20N4O5/c1-25-12-5-6-15(26-2)13(8-12)14-4-3-7-20(14)17(22)10-19-9-16(18-11-19)21(23)24/h5-6,8-9,11,14H,3-4,7,10H2,1-2H3/t14-/m0/s1. The molecule has 9 heteroatoms. The molecule has 2 heterocycles. The third-order valence-electron chi connectivity index (χ3n) is 4.49. The van der Waals surface area contributed by atoms with Gasteiger partial charge in [0.05, 0.1) is 20.3 Å². The molecule has 1 aliphatic heterocycles. The highest BCUT2D eigenvalue weighted by atomic mass is 16.6. The van der Waals surface area contributed by atoms with Crippen molar-refractivity contribution in [3.05, 3.63) is 46.4 Å². The maximum absolute atomic E-state index is 12.8. The molecular weight excluding hydrogens is 340 g/mol. The number of imidazole rings is 1. The molecule has 0 N–H and O–H groups in total. The summed E-state index contributed by atoms with van der Waals surface area (Å²) in [5.74, 6) is 1.01. The fraction of sp³-hybridized carbons (Fsp3) is 0.412. The van der Waals surface area contributed by atoms with E-state index in [1.807, 2.05) is 18.2 Å². The Balaban J connectivity index is 1.81. The number of carbonyl (C=O) groups excluding carboxylic acids is 1. The van der Waals surface area contributed by atoms with E-state index >= 15 is 0 Å². The van der Waals surface area contributed by atoms with E-state index in [0.29, 0.717) is 18.0 Å². The molecule has 2 aromatic rings. The number of likely N-dealkylation sites (tertiary alicyclic amines) is 1. The molecule has 26 heavy (non-hydrogen) atoms. The Kier molecular flexibility index (Phi) is 5.06. The Labute approximate surface area is 150 Å².